The Morgan fingerprint density at radius 3 is 2.19 bits per heavy atom. The quantitative estimate of drug-likeness (QED) is 0.530. The highest BCUT2D eigenvalue weighted by atomic mass is 16.2. The van der Waals surface area contributed by atoms with Gasteiger partial charge in [0.15, 0.2) is 13.1 Å². The zero-order valence-electron chi connectivity index (χ0n) is 19.4. The molecule has 0 bridgehead atoms. The second kappa shape index (κ2) is 10.2. The van der Waals surface area contributed by atoms with Gasteiger partial charge in [-0.3, -0.25) is 9.59 Å². The third-order valence-electron chi connectivity index (χ3n) is 5.90. The van der Waals surface area contributed by atoms with Gasteiger partial charge in [-0.2, -0.15) is 0 Å². The van der Waals surface area contributed by atoms with Crippen molar-refractivity contribution in [1.29, 1.82) is 0 Å². The predicted molar refractivity (Wildman–Crippen MR) is 124 cm³/mol. The van der Waals surface area contributed by atoms with E-state index in [1.807, 2.05) is 39.0 Å². The van der Waals surface area contributed by atoms with Crippen LogP contribution in [0.15, 0.2) is 42.5 Å². The van der Waals surface area contributed by atoms with Crippen LogP contribution in [-0.2, 0) is 9.59 Å². The SMILES string of the molecule is C[C@@H](NC(=O)C[NH+]1CCC[NH+](CC(=O)NC(C)(C)C)CC1)c1cccc2ccccc12. The highest BCUT2D eigenvalue weighted by molar-refractivity contribution is 5.87. The maximum Gasteiger partial charge on any atom is 0.275 e. The fourth-order valence-corrected chi connectivity index (χ4v) is 4.46. The highest BCUT2D eigenvalue weighted by Gasteiger charge is 2.25. The summed E-state index contributed by atoms with van der Waals surface area (Å²) in [7, 11) is 0. The van der Waals surface area contributed by atoms with Crippen molar-refractivity contribution in [3.05, 3.63) is 48.0 Å². The molecule has 0 radical (unpaired) electrons. The lowest BCUT2D eigenvalue weighted by atomic mass is 10.00. The molecule has 168 valence electrons. The normalized spacial score (nSPS) is 20.6. The molecule has 2 aromatic carbocycles. The molecule has 4 N–H and O–H groups in total. The Labute approximate surface area is 186 Å². The van der Waals surface area contributed by atoms with Crippen molar-refractivity contribution >= 4 is 22.6 Å². The van der Waals surface area contributed by atoms with Crippen molar-refractivity contribution in [1.82, 2.24) is 10.6 Å². The van der Waals surface area contributed by atoms with Crippen molar-refractivity contribution in [2.45, 2.75) is 45.7 Å². The first-order valence-electron chi connectivity index (χ1n) is 11.5. The van der Waals surface area contributed by atoms with Crippen molar-refractivity contribution in [2.75, 3.05) is 39.3 Å². The molecule has 31 heavy (non-hydrogen) atoms. The van der Waals surface area contributed by atoms with Crippen LogP contribution in [0.5, 0.6) is 0 Å². The standard InChI is InChI=1S/C25H36N4O2/c1-19(21-12-7-10-20-9-5-6-11-22(20)21)26-23(30)17-28-13-8-14-29(16-15-28)18-24(31)27-25(2,3)4/h5-7,9-12,19H,8,13-18H2,1-4H3,(H,26,30)(H,27,31)/p+2/t19-/m1/s1. The second-order valence-corrected chi connectivity index (χ2v) is 9.86. The fraction of sp³-hybridized carbons (Fsp3) is 0.520. The number of carbonyl (C=O) groups excluding carboxylic acids is 2. The van der Waals surface area contributed by atoms with Crippen LogP contribution in [-0.4, -0.2) is 56.6 Å². The topological polar surface area (TPSA) is 67.1 Å². The molecule has 3 rings (SSSR count). The van der Waals surface area contributed by atoms with Gasteiger partial charge in [0.25, 0.3) is 11.8 Å². The van der Waals surface area contributed by atoms with Gasteiger partial charge in [-0.15, -0.1) is 0 Å². The number of quaternary nitrogens is 2. The molecule has 0 spiro atoms. The van der Waals surface area contributed by atoms with E-state index in [1.54, 1.807) is 0 Å². The average molecular weight is 427 g/mol. The number of fused-ring (bicyclic) bond motifs is 1. The smallest absolute Gasteiger partial charge is 0.275 e. The van der Waals surface area contributed by atoms with Crippen LogP contribution in [0, 0.1) is 0 Å². The average Bonchev–Trinajstić information content (AvgIpc) is 2.91. The van der Waals surface area contributed by atoms with Gasteiger partial charge in [0.2, 0.25) is 0 Å². The number of hydrogen-bond acceptors (Lipinski definition) is 2. The monoisotopic (exact) mass is 426 g/mol. The van der Waals surface area contributed by atoms with Crippen molar-refractivity contribution < 1.29 is 19.4 Å². The zero-order valence-corrected chi connectivity index (χ0v) is 19.4. The lowest BCUT2D eigenvalue weighted by Gasteiger charge is -2.23. The molecule has 2 aromatic rings. The number of amides is 2. The Bertz CT molecular complexity index is 901. The first kappa shape index (κ1) is 23.2. The lowest BCUT2D eigenvalue weighted by Crippen LogP contribution is -3.18. The van der Waals surface area contributed by atoms with Crippen LogP contribution in [0.4, 0.5) is 0 Å². The first-order valence-corrected chi connectivity index (χ1v) is 11.5. The summed E-state index contributed by atoms with van der Waals surface area (Å²) in [6, 6.07) is 14.5. The van der Waals surface area contributed by atoms with Gasteiger partial charge in [0.05, 0.1) is 19.1 Å². The van der Waals surface area contributed by atoms with Crippen molar-refractivity contribution in [3.63, 3.8) is 0 Å². The number of nitrogens with one attached hydrogen (secondary N) is 4. The molecular formula is C25H38N4O2+2. The Hall–Kier alpha value is -2.44. The van der Waals surface area contributed by atoms with Crippen LogP contribution in [0.2, 0.25) is 0 Å². The van der Waals surface area contributed by atoms with E-state index in [-0.39, 0.29) is 23.4 Å². The number of benzene rings is 2. The first-order chi connectivity index (χ1) is 14.7. The summed E-state index contributed by atoms with van der Waals surface area (Å²) in [6.45, 7) is 12.8. The van der Waals surface area contributed by atoms with E-state index in [9.17, 15) is 9.59 Å². The van der Waals surface area contributed by atoms with Gasteiger partial charge in [-0.05, 0) is 44.0 Å². The lowest BCUT2D eigenvalue weighted by molar-refractivity contribution is -0.930. The third kappa shape index (κ3) is 7.04. The minimum absolute atomic E-state index is 0.0341. The molecule has 1 saturated heterocycles. The zero-order chi connectivity index (χ0) is 22.4. The molecule has 2 amide bonds. The fourth-order valence-electron chi connectivity index (χ4n) is 4.46. The minimum Gasteiger partial charge on any atom is -0.347 e. The van der Waals surface area contributed by atoms with Crippen LogP contribution in [0.1, 0.15) is 45.7 Å². The molecule has 0 saturated carbocycles. The van der Waals surface area contributed by atoms with E-state index >= 15 is 0 Å². The molecular weight excluding hydrogens is 388 g/mol. The maximum atomic E-state index is 12.8. The van der Waals surface area contributed by atoms with E-state index in [0.717, 1.165) is 38.2 Å². The summed E-state index contributed by atoms with van der Waals surface area (Å²) in [5, 5.41) is 8.62. The molecule has 3 atom stereocenters. The van der Waals surface area contributed by atoms with E-state index in [4.69, 9.17) is 0 Å². The maximum absolute atomic E-state index is 12.8. The molecule has 1 aliphatic heterocycles. The van der Waals surface area contributed by atoms with E-state index in [2.05, 4.69) is 41.8 Å². The predicted octanol–water partition coefficient (Wildman–Crippen LogP) is 0.105. The summed E-state index contributed by atoms with van der Waals surface area (Å²) in [5.41, 5.74) is 0.955. The van der Waals surface area contributed by atoms with Gasteiger partial charge in [-0.1, -0.05) is 42.5 Å². The van der Waals surface area contributed by atoms with E-state index < -0.39 is 0 Å². The van der Waals surface area contributed by atoms with E-state index in [1.165, 1.54) is 20.6 Å². The van der Waals surface area contributed by atoms with Gasteiger partial charge < -0.3 is 20.4 Å². The van der Waals surface area contributed by atoms with Crippen LogP contribution in [0.3, 0.4) is 0 Å². The highest BCUT2D eigenvalue weighted by Crippen LogP contribution is 2.23. The molecule has 1 aliphatic rings. The Morgan fingerprint density at radius 1 is 0.903 bits per heavy atom. The van der Waals surface area contributed by atoms with E-state index in [0.29, 0.717) is 13.1 Å². The summed E-state index contributed by atoms with van der Waals surface area (Å²) >= 11 is 0. The number of carbonyl (C=O) groups is 2. The largest absolute Gasteiger partial charge is 0.347 e. The minimum atomic E-state index is -0.196. The van der Waals surface area contributed by atoms with Crippen LogP contribution < -0.4 is 20.4 Å². The Balaban J connectivity index is 1.50. The third-order valence-corrected chi connectivity index (χ3v) is 5.90. The molecule has 1 heterocycles. The molecule has 0 aromatic heterocycles. The Morgan fingerprint density at radius 2 is 1.52 bits per heavy atom. The van der Waals surface area contributed by atoms with Gasteiger partial charge >= 0.3 is 0 Å². The summed E-state index contributed by atoms with van der Waals surface area (Å²) in [6.07, 6.45) is 1.03. The number of hydrogen-bond donors (Lipinski definition) is 4. The van der Waals surface area contributed by atoms with Crippen LogP contribution >= 0.6 is 0 Å². The summed E-state index contributed by atoms with van der Waals surface area (Å²) in [4.78, 5) is 27.6. The van der Waals surface area contributed by atoms with Crippen LogP contribution in [0.25, 0.3) is 10.8 Å². The molecule has 2 unspecified atom stereocenters. The Kier molecular flexibility index (Phi) is 7.68. The molecule has 1 fully saturated rings. The van der Waals surface area contributed by atoms with Gasteiger partial charge in [0, 0.05) is 12.0 Å². The second-order valence-electron chi connectivity index (χ2n) is 9.86. The number of rotatable bonds is 6. The van der Waals surface area contributed by atoms with Crippen molar-refractivity contribution in [2.24, 2.45) is 0 Å². The molecule has 6 heteroatoms. The summed E-state index contributed by atoms with van der Waals surface area (Å²) < 4.78 is 0. The van der Waals surface area contributed by atoms with Gasteiger partial charge in [0.1, 0.15) is 13.1 Å². The molecule has 0 aliphatic carbocycles. The molecule has 6 nitrogen and oxygen atoms in total. The summed E-state index contributed by atoms with van der Waals surface area (Å²) in [5.74, 6) is 0.192. The van der Waals surface area contributed by atoms with Gasteiger partial charge in [-0.25, -0.2) is 0 Å². The van der Waals surface area contributed by atoms with Crippen molar-refractivity contribution in [3.8, 4) is 0 Å².